The molecule has 0 aromatic heterocycles. The highest BCUT2D eigenvalue weighted by molar-refractivity contribution is 9.10. The van der Waals surface area contributed by atoms with Crippen LogP contribution in [0.5, 0.6) is 0 Å². The lowest BCUT2D eigenvalue weighted by Crippen LogP contribution is -2.32. The van der Waals surface area contributed by atoms with E-state index in [1.807, 2.05) is 12.1 Å². The minimum atomic E-state index is 0.208. The quantitative estimate of drug-likeness (QED) is 0.833. The third-order valence-corrected chi connectivity index (χ3v) is 4.91. The first-order valence-corrected chi connectivity index (χ1v) is 7.67. The summed E-state index contributed by atoms with van der Waals surface area (Å²) in [4.78, 5) is 0. The summed E-state index contributed by atoms with van der Waals surface area (Å²) >= 11 is 9.46. The van der Waals surface area contributed by atoms with Crippen LogP contribution in [0.2, 0.25) is 5.02 Å². The summed E-state index contributed by atoms with van der Waals surface area (Å²) in [6.45, 7) is 3.95. The maximum atomic E-state index is 6.01. The van der Waals surface area contributed by atoms with Crippen molar-refractivity contribution in [3.63, 3.8) is 0 Å². The summed E-state index contributed by atoms with van der Waals surface area (Å²) in [6.07, 6.45) is 2.78. The molecule has 1 aliphatic rings. The van der Waals surface area contributed by atoms with Crippen LogP contribution < -0.4 is 11.1 Å². The zero-order valence-electron chi connectivity index (χ0n) is 10.6. The van der Waals surface area contributed by atoms with Crippen LogP contribution in [0.25, 0.3) is 0 Å². The Bertz CT molecular complexity index is 407. The topological polar surface area (TPSA) is 38.0 Å². The zero-order chi connectivity index (χ0) is 13.1. The highest BCUT2D eigenvalue weighted by atomic mass is 79.9. The van der Waals surface area contributed by atoms with Crippen LogP contribution in [0.3, 0.4) is 0 Å². The smallest absolute Gasteiger partial charge is 0.0548 e. The lowest BCUT2D eigenvalue weighted by Gasteiger charge is -2.20. The summed E-state index contributed by atoms with van der Waals surface area (Å²) in [6, 6.07) is 6.21. The van der Waals surface area contributed by atoms with E-state index in [0.717, 1.165) is 27.9 Å². The van der Waals surface area contributed by atoms with Crippen molar-refractivity contribution in [2.75, 3.05) is 13.1 Å². The van der Waals surface area contributed by atoms with E-state index >= 15 is 0 Å². The standard InChI is InChI=1S/C14H20BrClN2/c1-9(10-2-3-10)8-18-14(7-17)11-4-5-13(16)12(15)6-11/h4-6,9-10,14,18H,2-3,7-8,17H2,1H3. The van der Waals surface area contributed by atoms with Gasteiger partial charge in [0.1, 0.15) is 0 Å². The molecule has 0 spiro atoms. The summed E-state index contributed by atoms with van der Waals surface area (Å²) in [5.41, 5.74) is 7.05. The van der Waals surface area contributed by atoms with Gasteiger partial charge in [-0.2, -0.15) is 0 Å². The summed E-state index contributed by atoms with van der Waals surface area (Å²) in [5, 5.41) is 4.30. The molecule has 1 aliphatic carbocycles. The molecular formula is C14H20BrClN2. The maximum absolute atomic E-state index is 6.01. The molecule has 2 nitrogen and oxygen atoms in total. The van der Waals surface area contributed by atoms with Gasteiger partial charge in [0.25, 0.3) is 0 Å². The second-order valence-corrected chi connectivity index (χ2v) is 6.45. The molecule has 1 fully saturated rings. The molecule has 2 atom stereocenters. The van der Waals surface area contributed by atoms with Gasteiger partial charge in [0, 0.05) is 17.1 Å². The molecule has 18 heavy (non-hydrogen) atoms. The highest BCUT2D eigenvalue weighted by Gasteiger charge is 2.28. The predicted molar refractivity (Wildman–Crippen MR) is 80.8 cm³/mol. The van der Waals surface area contributed by atoms with Crippen molar-refractivity contribution >= 4 is 27.5 Å². The second-order valence-electron chi connectivity index (χ2n) is 5.18. The van der Waals surface area contributed by atoms with Gasteiger partial charge >= 0.3 is 0 Å². The van der Waals surface area contributed by atoms with Crippen LogP contribution in [-0.4, -0.2) is 13.1 Å². The highest BCUT2D eigenvalue weighted by Crippen LogP contribution is 2.36. The molecule has 0 amide bonds. The zero-order valence-corrected chi connectivity index (χ0v) is 13.0. The Morgan fingerprint density at radius 3 is 2.78 bits per heavy atom. The van der Waals surface area contributed by atoms with Gasteiger partial charge in [0.2, 0.25) is 0 Å². The Balaban J connectivity index is 1.96. The molecule has 1 aromatic carbocycles. The summed E-state index contributed by atoms with van der Waals surface area (Å²) in [5.74, 6) is 1.67. The van der Waals surface area contributed by atoms with Crippen molar-refractivity contribution in [1.29, 1.82) is 0 Å². The minimum absolute atomic E-state index is 0.208. The van der Waals surface area contributed by atoms with Gasteiger partial charge in [-0.15, -0.1) is 0 Å². The second kappa shape index (κ2) is 6.38. The molecular weight excluding hydrogens is 312 g/mol. The normalized spacial score (nSPS) is 18.7. The minimum Gasteiger partial charge on any atom is -0.329 e. The van der Waals surface area contributed by atoms with Crippen molar-refractivity contribution in [2.24, 2.45) is 17.6 Å². The van der Waals surface area contributed by atoms with Crippen LogP contribution in [-0.2, 0) is 0 Å². The molecule has 0 aliphatic heterocycles. The van der Waals surface area contributed by atoms with Crippen molar-refractivity contribution < 1.29 is 0 Å². The molecule has 0 heterocycles. The Hall–Kier alpha value is -0.0900. The molecule has 0 saturated heterocycles. The molecule has 4 heteroatoms. The first kappa shape index (κ1) is 14.3. The van der Waals surface area contributed by atoms with Crippen LogP contribution in [0, 0.1) is 11.8 Å². The van der Waals surface area contributed by atoms with Gasteiger partial charge in [-0.25, -0.2) is 0 Å². The first-order valence-electron chi connectivity index (χ1n) is 6.50. The number of nitrogens with two attached hydrogens (primary N) is 1. The van der Waals surface area contributed by atoms with Crippen LogP contribution in [0.15, 0.2) is 22.7 Å². The Kier molecular flexibility index (Phi) is 5.07. The third kappa shape index (κ3) is 3.70. The Morgan fingerprint density at radius 2 is 2.22 bits per heavy atom. The number of nitrogens with one attached hydrogen (secondary N) is 1. The fraction of sp³-hybridized carbons (Fsp3) is 0.571. The average Bonchev–Trinajstić information content (AvgIpc) is 3.18. The molecule has 1 saturated carbocycles. The van der Waals surface area contributed by atoms with Crippen LogP contribution >= 0.6 is 27.5 Å². The van der Waals surface area contributed by atoms with E-state index in [1.54, 1.807) is 0 Å². The Labute approximate surface area is 122 Å². The van der Waals surface area contributed by atoms with E-state index < -0.39 is 0 Å². The lowest BCUT2D eigenvalue weighted by atomic mass is 10.0. The lowest BCUT2D eigenvalue weighted by molar-refractivity contribution is 0.422. The number of hydrogen-bond acceptors (Lipinski definition) is 2. The fourth-order valence-corrected chi connectivity index (χ4v) is 2.74. The van der Waals surface area contributed by atoms with Crippen LogP contribution in [0.4, 0.5) is 0 Å². The molecule has 100 valence electrons. The SMILES string of the molecule is CC(CNC(CN)c1ccc(Cl)c(Br)c1)C1CC1. The van der Waals surface area contributed by atoms with Gasteiger partial charge in [-0.05, 0) is 64.8 Å². The average molecular weight is 332 g/mol. The molecule has 0 bridgehead atoms. The van der Waals surface area contributed by atoms with E-state index in [0.29, 0.717) is 6.54 Å². The third-order valence-electron chi connectivity index (χ3n) is 3.69. The van der Waals surface area contributed by atoms with Crippen LogP contribution in [0.1, 0.15) is 31.4 Å². The van der Waals surface area contributed by atoms with Gasteiger partial charge < -0.3 is 11.1 Å². The number of rotatable bonds is 6. The van der Waals surface area contributed by atoms with E-state index in [2.05, 4.69) is 34.2 Å². The molecule has 0 radical (unpaired) electrons. The van der Waals surface area contributed by atoms with E-state index in [-0.39, 0.29) is 6.04 Å². The van der Waals surface area contributed by atoms with Gasteiger partial charge in [0.15, 0.2) is 0 Å². The van der Waals surface area contributed by atoms with Crippen molar-refractivity contribution in [3.8, 4) is 0 Å². The number of benzene rings is 1. The fourth-order valence-electron chi connectivity index (χ4n) is 2.23. The molecule has 3 N–H and O–H groups in total. The summed E-state index contributed by atoms with van der Waals surface area (Å²) < 4.78 is 0.928. The number of halogens is 2. The van der Waals surface area contributed by atoms with Crippen molar-refractivity contribution in [3.05, 3.63) is 33.3 Å². The number of hydrogen-bond donors (Lipinski definition) is 2. The molecule has 1 aromatic rings. The van der Waals surface area contributed by atoms with E-state index in [4.69, 9.17) is 17.3 Å². The first-order chi connectivity index (χ1) is 8.61. The van der Waals surface area contributed by atoms with Crippen molar-refractivity contribution in [2.45, 2.75) is 25.8 Å². The van der Waals surface area contributed by atoms with Gasteiger partial charge in [-0.1, -0.05) is 24.6 Å². The van der Waals surface area contributed by atoms with Crippen molar-refractivity contribution in [1.82, 2.24) is 5.32 Å². The monoisotopic (exact) mass is 330 g/mol. The predicted octanol–water partition coefficient (Wildman–Crippen LogP) is 3.74. The van der Waals surface area contributed by atoms with Gasteiger partial charge in [0.05, 0.1) is 5.02 Å². The summed E-state index contributed by atoms with van der Waals surface area (Å²) in [7, 11) is 0. The largest absolute Gasteiger partial charge is 0.329 e. The van der Waals surface area contributed by atoms with Gasteiger partial charge in [-0.3, -0.25) is 0 Å². The molecule has 2 unspecified atom stereocenters. The Morgan fingerprint density at radius 1 is 1.50 bits per heavy atom. The maximum Gasteiger partial charge on any atom is 0.0548 e. The van der Waals surface area contributed by atoms with E-state index in [9.17, 15) is 0 Å². The van der Waals surface area contributed by atoms with E-state index in [1.165, 1.54) is 18.4 Å². The molecule has 2 rings (SSSR count).